The quantitative estimate of drug-likeness (QED) is 0.570. The molecule has 0 aliphatic heterocycles. The topological polar surface area (TPSA) is 79.9 Å². The van der Waals surface area contributed by atoms with E-state index < -0.39 is 0 Å². The SMILES string of the molecule is COc1ccc(OC)c(CN(C(=O)CCCNC(=O)NC2CCCCC2)C2CC2)c1. The Morgan fingerprint density at radius 3 is 2.50 bits per heavy atom. The average Bonchev–Trinajstić information content (AvgIpc) is 3.60. The zero-order chi connectivity index (χ0) is 21.3. The second kappa shape index (κ2) is 11.1. The molecule has 7 heteroatoms. The van der Waals surface area contributed by atoms with Gasteiger partial charge in [-0.2, -0.15) is 0 Å². The van der Waals surface area contributed by atoms with Gasteiger partial charge in [-0.05, 0) is 50.3 Å². The third kappa shape index (κ3) is 6.54. The molecule has 7 nitrogen and oxygen atoms in total. The van der Waals surface area contributed by atoms with Gasteiger partial charge < -0.3 is 25.0 Å². The summed E-state index contributed by atoms with van der Waals surface area (Å²) in [6.45, 7) is 1.02. The van der Waals surface area contributed by atoms with Gasteiger partial charge in [0, 0.05) is 37.2 Å². The predicted octanol–water partition coefficient (Wildman–Crippen LogP) is 3.61. The van der Waals surface area contributed by atoms with Crippen LogP contribution in [0.15, 0.2) is 18.2 Å². The molecular formula is C23H35N3O4. The van der Waals surface area contributed by atoms with Crippen molar-refractivity contribution in [1.82, 2.24) is 15.5 Å². The number of carbonyl (C=O) groups is 2. The number of methoxy groups -OCH3 is 2. The Kier molecular flexibility index (Phi) is 8.22. The molecule has 0 aromatic heterocycles. The Balaban J connectivity index is 1.45. The highest BCUT2D eigenvalue weighted by Crippen LogP contribution is 2.32. The van der Waals surface area contributed by atoms with Crippen LogP contribution in [0.2, 0.25) is 0 Å². The predicted molar refractivity (Wildman–Crippen MR) is 116 cm³/mol. The van der Waals surface area contributed by atoms with E-state index in [1.807, 2.05) is 23.1 Å². The van der Waals surface area contributed by atoms with E-state index in [1.54, 1.807) is 14.2 Å². The molecule has 0 spiro atoms. The second-order valence-corrected chi connectivity index (χ2v) is 8.27. The van der Waals surface area contributed by atoms with Crippen LogP contribution >= 0.6 is 0 Å². The molecular weight excluding hydrogens is 382 g/mol. The number of carbonyl (C=O) groups excluding carboxylic acids is 2. The first-order valence-electron chi connectivity index (χ1n) is 11.2. The molecule has 0 heterocycles. The number of nitrogens with one attached hydrogen (secondary N) is 2. The van der Waals surface area contributed by atoms with Crippen molar-refractivity contribution in [3.8, 4) is 11.5 Å². The molecule has 2 saturated carbocycles. The summed E-state index contributed by atoms with van der Waals surface area (Å²) < 4.78 is 10.8. The molecule has 0 saturated heterocycles. The zero-order valence-corrected chi connectivity index (χ0v) is 18.2. The molecule has 2 aliphatic rings. The minimum Gasteiger partial charge on any atom is -0.497 e. The Bertz CT molecular complexity index is 714. The Labute approximate surface area is 179 Å². The standard InChI is InChI=1S/C23H35N3O4/c1-29-20-12-13-21(30-2)17(15-20)16-26(19-10-11-19)22(27)9-6-14-24-23(28)25-18-7-4-3-5-8-18/h12-13,15,18-19H,3-11,14,16H2,1-2H3,(H2,24,25,28). The smallest absolute Gasteiger partial charge is 0.315 e. The van der Waals surface area contributed by atoms with Gasteiger partial charge >= 0.3 is 6.03 Å². The summed E-state index contributed by atoms with van der Waals surface area (Å²) in [5.74, 6) is 1.63. The number of hydrogen-bond acceptors (Lipinski definition) is 4. The van der Waals surface area contributed by atoms with E-state index in [-0.39, 0.29) is 11.9 Å². The van der Waals surface area contributed by atoms with Crippen molar-refractivity contribution in [3.05, 3.63) is 23.8 Å². The maximum Gasteiger partial charge on any atom is 0.315 e. The lowest BCUT2D eigenvalue weighted by Crippen LogP contribution is -2.43. The summed E-state index contributed by atoms with van der Waals surface area (Å²) in [6, 6.07) is 6.14. The van der Waals surface area contributed by atoms with Gasteiger partial charge in [0.2, 0.25) is 5.91 Å². The maximum absolute atomic E-state index is 12.9. The molecule has 2 aliphatic carbocycles. The number of amides is 3. The van der Waals surface area contributed by atoms with Gasteiger partial charge in [0.1, 0.15) is 11.5 Å². The summed E-state index contributed by atoms with van der Waals surface area (Å²) >= 11 is 0. The van der Waals surface area contributed by atoms with Crippen LogP contribution in [0.3, 0.4) is 0 Å². The monoisotopic (exact) mass is 417 g/mol. The minimum atomic E-state index is -0.116. The van der Waals surface area contributed by atoms with E-state index >= 15 is 0 Å². The minimum absolute atomic E-state index is 0.116. The number of nitrogens with zero attached hydrogens (tertiary/aromatic N) is 1. The first kappa shape index (κ1) is 22.2. The highest BCUT2D eigenvalue weighted by molar-refractivity contribution is 5.77. The maximum atomic E-state index is 12.9. The van der Waals surface area contributed by atoms with Gasteiger partial charge in [-0.25, -0.2) is 4.79 Å². The second-order valence-electron chi connectivity index (χ2n) is 8.27. The lowest BCUT2D eigenvalue weighted by Gasteiger charge is -2.24. The summed E-state index contributed by atoms with van der Waals surface area (Å²) in [5.41, 5.74) is 0.946. The van der Waals surface area contributed by atoms with Gasteiger partial charge in [0.25, 0.3) is 0 Å². The Hall–Kier alpha value is -2.44. The number of benzene rings is 1. The van der Waals surface area contributed by atoms with Gasteiger partial charge in [-0.1, -0.05) is 19.3 Å². The third-order valence-corrected chi connectivity index (χ3v) is 5.93. The Morgan fingerprint density at radius 2 is 1.83 bits per heavy atom. The van der Waals surface area contributed by atoms with Crippen molar-refractivity contribution in [3.63, 3.8) is 0 Å². The van der Waals surface area contributed by atoms with Crippen LogP contribution in [0.5, 0.6) is 11.5 Å². The van der Waals surface area contributed by atoms with E-state index in [0.29, 0.717) is 38.0 Å². The van der Waals surface area contributed by atoms with Crippen LogP contribution in [0.1, 0.15) is 63.4 Å². The van der Waals surface area contributed by atoms with Gasteiger partial charge in [-0.15, -0.1) is 0 Å². The fraction of sp³-hybridized carbons (Fsp3) is 0.652. The molecule has 3 rings (SSSR count). The van der Waals surface area contributed by atoms with E-state index in [0.717, 1.165) is 42.7 Å². The molecule has 3 amide bonds. The fourth-order valence-electron chi connectivity index (χ4n) is 4.06. The van der Waals surface area contributed by atoms with E-state index in [4.69, 9.17) is 9.47 Å². The zero-order valence-electron chi connectivity index (χ0n) is 18.2. The normalized spacial score (nSPS) is 16.6. The lowest BCUT2D eigenvalue weighted by atomic mass is 9.96. The molecule has 166 valence electrons. The van der Waals surface area contributed by atoms with Crippen molar-refractivity contribution >= 4 is 11.9 Å². The number of urea groups is 1. The van der Waals surface area contributed by atoms with Crippen LogP contribution in [0.4, 0.5) is 4.79 Å². The highest BCUT2D eigenvalue weighted by Gasteiger charge is 2.32. The molecule has 0 radical (unpaired) electrons. The Morgan fingerprint density at radius 1 is 1.07 bits per heavy atom. The summed E-state index contributed by atoms with van der Waals surface area (Å²) in [5, 5.41) is 5.94. The van der Waals surface area contributed by atoms with Crippen molar-refractivity contribution in [2.24, 2.45) is 0 Å². The summed E-state index contributed by atoms with van der Waals surface area (Å²) in [6.07, 6.45) is 8.91. The van der Waals surface area contributed by atoms with Gasteiger partial charge in [-0.3, -0.25) is 4.79 Å². The molecule has 1 aromatic carbocycles. The number of hydrogen-bond donors (Lipinski definition) is 2. The van der Waals surface area contributed by atoms with Crippen molar-refractivity contribution < 1.29 is 19.1 Å². The lowest BCUT2D eigenvalue weighted by molar-refractivity contribution is -0.132. The first-order valence-corrected chi connectivity index (χ1v) is 11.2. The molecule has 1 aromatic rings. The van der Waals surface area contributed by atoms with Crippen LogP contribution < -0.4 is 20.1 Å². The molecule has 2 N–H and O–H groups in total. The summed E-state index contributed by atoms with van der Waals surface area (Å²) in [4.78, 5) is 26.9. The van der Waals surface area contributed by atoms with E-state index in [9.17, 15) is 9.59 Å². The fourth-order valence-corrected chi connectivity index (χ4v) is 4.06. The molecule has 2 fully saturated rings. The van der Waals surface area contributed by atoms with Crippen LogP contribution in [0, 0.1) is 0 Å². The van der Waals surface area contributed by atoms with Crippen molar-refractivity contribution in [2.75, 3.05) is 20.8 Å². The van der Waals surface area contributed by atoms with E-state index in [2.05, 4.69) is 10.6 Å². The summed E-state index contributed by atoms with van der Waals surface area (Å²) in [7, 11) is 3.27. The van der Waals surface area contributed by atoms with Crippen LogP contribution in [0.25, 0.3) is 0 Å². The first-order chi connectivity index (χ1) is 14.6. The van der Waals surface area contributed by atoms with E-state index in [1.165, 1.54) is 19.3 Å². The van der Waals surface area contributed by atoms with Crippen molar-refractivity contribution in [1.29, 1.82) is 0 Å². The van der Waals surface area contributed by atoms with Gasteiger partial charge in [0.05, 0.1) is 14.2 Å². The number of ether oxygens (including phenoxy) is 2. The van der Waals surface area contributed by atoms with Crippen LogP contribution in [-0.4, -0.2) is 49.7 Å². The van der Waals surface area contributed by atoms with Crippen LogP contribution in [-0.2, 0) is 11.3 Å². The molecule has 0 bridgehead atoms. The number of rotatable bonds is 10. The van der Waals surface area contributed by atoms with Crippen molar-refractivity contribution in [2.45, 2.75) is 76.4 Å². The van der Waals surface area contributed by atoms with Gasteiger partial charge in [0.15, 0.2) is 0 Å². The largest absolute Gasteiger partial charge is 0.497 e. The molecule has 0 unspecified atom stereocenters. The molecule has 0 atom stereocenters. The highest BCUT2D eigenvalue weighted by atomic mass is 16.5. The molecule has 30 heavy (non-hydrogen) atoms. The third-order valence-electron chi connectivity index (χ3n) is 5.93. The average molecular weight is 418 g/mol.